The third kappa shape index (κ3) is 5.50. The number of nitrogens with zero attached hydrogens (tertiary/aromatic N) is 4. The van der Waals surface area contributed by atoms with Gasteiger partial charge in [0.15, 0.2) is 15.8 Å². The number of aromatic nitrogens is 2. The molecule has 11 heteroatoms. The quantitative estimate of drug-likeness (QED) is 0.259. The lowest BCUT2D eigenvalue weighted by atomic mass is 10.2. The van der Waals surface area contributed by atoms with Crippen molar-refractivity contribution in [2.75, 3.05) is 39.0 Å². The minimum Gasteiger partial charge on any atom is -0.354 e. The number of guanidine groups is 1. The lowest BCUT2D eigenvalue weighted by Crippen LogP contribution is -2.57. The Bertz CT molecular complexity index is 739. The van der Waals surface area contributed by atoms with E-state index >= 15 is 0 Å². The van der Waals surface area contributed by atoms with Crippen LogP contribution in [0.4, 0.5) is 0 Å². The van der Waals surface area contributed by atoms with Crippen LogP contribution in [0.3, 0.4) is 0 Å². The SMILES string of the molecule is CN=C(NCCNC(=O)c1cnccn1)N1CCS(=O)(=O)C(C)(C)C1.I. The molecule has 1 aliphatic heterocycles. The van der Waals surface area contributed by atoms with Gasteiger partial charge in [0.1, 0.15) is 5.69 Å². The zero-order valence-electron chi connectivity index (χ0n) is 15.1. The van der Waals surface area contributed by atoms with E-state index in [1.165, 1.54) is 18.6 Å². The molecule has 1 saturated heterocycles. The number of aliphatic imine (C=N–C) groups is 1. The van der Waals surface area contributed by atoms with Gasteiger partial charge >= 0.3 is 0 Å². The number of halogens is 1. The highest BCUT2D eigenvalue weighted by Crippen LogP contribution is 2.23. The van der Waals surface area contributed by atoms with Crippen LogP contribution < -0.4 is 10.6 Å². The van der Waals surface area contributed by atoms with Gasteiger partial charge in [0.2, 0.25) is 0 Å². The molecular formula is C15H25IN6O3S. The molecule has 0 saturated carbocycles. The van der Waals surface area contributed by atoms with Gasteiger partial charge in [-0.1, -0.05) is 0 Å². The summed E-state index contributed by atoms with van der Waals surface area (Å²) in [4.78, 5) is 25.8. The van der Waals surface area contributed by atoms with Crippen LogP contribution in [0, 0.1) is 0 Å². The zero-order valence-corrected chi connectivity index (χ0v) is 18.2. The molecule has 0 radical (unpaired) electrons. The molecule has 1 aliphatic rings. The number of sulfone groups is 1. The number of hydrogen-bond donors (Lipinski definition) is 2. The van der Waals surface area contributed by atoms with Crippen LogP contribution in [0.5, 0.6) is 0 Å². The molecule has 2 rings (SSSR count). The molecule has 1 aromatic heterocycles. The third-order valence-electron chi connectivity index (χ3n) is 4.04. The van der Waals surface area contributed by atoms with Gasteiger partial charge in [0, 0.05) is 45.6 Å². The highest BCUT2D eigenvalue weighted by molar-refractivity contribution is 14.0. The molecule has 0 spiro atoms. The summed E-state index contributed by atoms with van der Waals surface area (Å²) in [5, 5.41) is 5.88. The van der Waals surface area contributed by atoms with Crippen molar-refractivity contribution < 1.29 is 13.2 Å². The summed E-state index contributed by atoms with van der Waals surface area (Å²) in [5.74, 6) is 0.427. The minimum atomic E-state index is -3.10. The molecule has 0 aromatic carbocycles. The summed E-state index contributed by atoms with van der Waals surface area (Å²) in [5.41, 5.74) is 0.259. The van der Waals surface area contributed by atoms with E-state index in [4.69, 9.17) is 0 Å². The van der Waals surface area contributed by atoms with Crippen molar-refractivity contribution in [1.82, 2.24) is 25.5 Å². The molecule has 0 unspecified atom stereocenters. The number of carbonyl (C=O) groups excluding carboxylic acids is 1. The molecule has 0 aliphatic carbocycles. The fraction of sp³-hybridized carbons (Fsp3) is 0.600. The summed E-state index contributed by atoms with van der Waals surface area (Å²) < 4.78 is 23.4. The average molecular weight is 496 g/mol. The summed E-state index contributed by atoms with van der Waals surface area (Å²) in [7, 11) is -1.45. The lowest BCUT2D eigenvalue weighted by Gasteiger charge is -2.39. The molecule has 1 amide bonds. The Morgan fingerprint density at radius 1 is 1.31 bits per heavy atom. The molecule has 1 fully saturated rings. The second-order valence-corrected chi connectivity index (χ2v) is 9.06. The normalized spacial score (nSPS) is 18.6. The Balaban J connectivity index is 0.00000338. The first-order valence-electron chi connectivity index (χ1n) is 7.99. The summed E-state index contributed by atoms with van der Waals surface area (Å²) in [6, 6.07) is 0. The van der Waals surface area contributed by atoms with E-state index in [0.717, 1.165) is 0 Å². The van der Waals surface area contributed by atoms with Gasteiger partial charge in [-0.2, -0.15) is 0 Å². The maximum Gasteiger partial charge on any atom is 0.271 e. The van der Waals surface area contributed by atoms with Crippen LogP contribution in [0.2, 0.25) is 0 Å². The van der Waals surface area contributed by atoms with E-state index in [-0.39, 0.29) is 41.3 Å². The predicted octanol–water partition coefficient (Wildman–Crippen LogP) is -0.0912. The number of hydrogen-bond acceptors (Lipinski definition) is 6. The average Bonchev–Trinajstić information content (AvgIpc) is 2.58. The molecule has 1 aromatic rings. The molecule has 0 atom stereocenters. The largest absolute Gasteiger partial charge is 0.354 e. The lowest BCUT2D eigenvalue weighted by molar-refractivity contribution is 0.0949. The monoisotopic (exact) mass is 496 g/mol. The van der Waals surface area contributed by atoms with E-state index in [1.54, 1.807) is 20.9 Å². The smallest absolute Gasteiger partial charge is 0.271 e. The van der Waals surface area contributed by atoms with Gasteiger partial charge in [0.25, 0.3) is 5.91 Å². The number of amides is 1. The zero-order chi connectivity index (χ0) is 18.5. The summed E-state index contributed by atoms with van der Waals surface area (Å²) in [6.45, 7) is 5.07. The Labute approximate surface area is 171 Å². The maximum atomic E-state index is 12.1. The van der Waals surface area contributed by atoms with Gasteiger partial charge in [-0.05, 0) is 13.8 Å². The van der Waals surface area contributed by atoms with E-state index in [9.17, 15) is 13.2 Å². The Kier molecular flexibility index (Phi) is 8.18. The molecule has 2 N–H and O–H groups in total. The van der Waals surface area contributed by atoms with Crippen molar-refractivity contribution in [3.8, 4) is 0 Å². The topological polar surface area (TPSA) is 117 Å². The predicted molar refractivity (Wildman–Crippen MR) is 111 cm³/mol. The summed E-state index contributed by atoms with van der Waals surface area (Å²) >= 11 is 0. The van der Waals surface area contributed by atoms with Crippen LogP contribution in [-0.4, -0.2) is 78.9 Å². The molecule has 146 valence electrons. The standard InChI is InChI=1S/C15H24N6O3S.HI/c1-15(2)11-21(8-9-25(15,23)24)14(16-3)20-7-6-19-13(22)12-10-17-4-5-18-12;/h4-5,10H,6-9,11H2,1-3H3,(H,16,20)(H,19,22);1H. The van der Waals surface area contributed by atoms with Crippen molar-refractivity contribution in [1.29, 1.82) is 0 Å². The van der Waals surface area contributed by atoms with E-state index in [0.29, 0.717) is 32.1 Å². The first kappa shape index (κ1) is 22.5. The van der Waals surface area contributed by atoms with Crippen molar-refractivity contribution in [2.24, 2.45) is 4.99 Å². The molecule has 9 nitrogen and oxygen atoms in total. The van der Waals surface area contributed by atoms with Crippen LogP contribution in [0.15, 0.2) is 23.6 Å². The van der Waals surface area contributed by atoms with Gasteiger partial charge < -0.3 is 15.5 Å². The van der Waals surface area contributed by atoms with Gasteiger partial charge in [-0.15, -0.1) is 24.0 Å². The van der Waals surface area contributed by atoms with Crippen molar-refractivity contribution in [3.63, 3.8) is 0 Å². The van der Waals surface area contributed by atoms with Crippen molar-refractivity contribution in [2.45, 2.75) is 18.6 Å². The Morgan fingerprint density at radius 2 is 2.00 bits per heavy atom. The first-order valence-corrected chi connectivity index (χ1v) is 9.64. The Hall–Kier alpha value is -1.50. The highest BCUT2D eigenvalue weighted by atomic mass is 127. The fourth-order valence-corrected chi connectivity index (χ4v) is 3.88. The van der Waals surface area contributed by atoms with Crippen LogP contribution >= 0.6 is 24.0 Å². The van der Waals surface area contributed by atoms with Crippen LogP contribution in [0.1, 0.15) is 24.3 Å². The molecule has 26 heavy (non-hydrogen) atoms. The number of carbonyl (C=O) groups is 1. The second kappa shape index (κ2) is 9.44. The van der Waals surface area contributed by atoms with E-state index < -0.39 is 14.6 Å². The fourth-order valence-electron chi connectivity index (χ4n) is 2.51. The number of rotatable bonds is 4. The highest BCUT2D eigenvalue weighted by Gasteiger charge is 2.40. The molecular weight excluding hydrogens is 471 g/mol. The van der Waals surface area contributed by atoms with E-state index in [2.05, 4.69) is 25.6 Å². The second-order valence-electron chi connectivity index (χ2n) is 6.32. The van der Waals surface area contributed by atoms with Crippen molar-refractivity contribution in [3.05, 3.63) is 24.3 Å². The minimum absolute atomic E-state index is 0. The maximum absolute atomic E-state index is 12.1. The van der Waals surface area contributed by atoms with Gasteiger partial charge in [-0.25, -0.2) is 13.4 Å². The van der Waals surface area contributed by atoms with Gasteiger partial charge in [-0.3, -0.25) is 14.8 Å². The molecule has 2 heterocycles. The van der Waals surface area contributed by atoms with Crippen LogP contribution in [0.25, 0.3) is 0 Å². The first-order chi connectivity index (χ1) is 11.8. The van der Waals surface area contributed by atoms with Gasteiger partial charge in [0.05, 0.1) is 16.7 Å². The molecule has 0 bridgehead atoms. The van der Waals surface area contributed by atoms with E-state index in [1.807, 2.05) is 4.90 Å². The summed E-state index contributed by atoms with van der Waals surface area (Å²) in [6.07, 6.45) is 4.36. The Morgan fingerprint density at radius 3 is 2.58 bits per heavy atom. The third-order valence-corrected chi connectivity index (χ3v) is 6.58. The van der Waals surface area contributed by atoms with Crippen LogP contribution in [-0.2, 0) is 9.84 Å². The van der Waals surface area contributed by atoms with Crippen molar-refractivity contribution >= 4 is 45.7 Å². The number of nitrogens with one attached hydrogen (secondary N) is 2.